The summed E-state index contributed by atoms with van der Waals surface area (Å²) in [6.45, 7) is 0. The largest absolute Gasteiger partial charge is 0.289 e. The van der Waals surface area contributed by atoms with Gasteiger partial charge in [-0.05, 0) is 36.3 Å². The molecule has 1 heteroatoms. The monoisotopic (exact) mass is 213 g/mol. The van der Waals surface area contributed by atoms with E-state index in [9.17, 15) is 0 Å². The van der Waals surface area contributed by atoms with Gasteiger partial charge in [-0.25, -0.2) is 0 Å². The Kier molecular flexibility index (Phi) is 2.77. The lowest BCUT2D eigenvalue weighted by Gasteiger charge is -2.30. The predicted molar refractivity (Wildman–Crippen MR) is 68.1 cm³/mol. The van der Waals surface area contributed by atoms with Crippen LogP contribution < -0.4 is 0 Å². The molecule has 1 aliphatic carbocycles. The molecule has 1 unspecified atom stereocenters. The molecule has 0 bridgehead atoms. The quantitative estimate of drug-likeness (QED) is 0.675. The van der Waals surface area contributed by atoms with Crippen LogP contribution in [0.25, 0.3) is 0 Å². The van der Waals surface area contributed by atoms with Crippen molar-refractivity contribution in [2.75, 3.05) is 0 Å². The number of rotatable bonds is 1. The van der Waals surface area contributed by atoms with Gasteiger partial charge in [-0.1, -0.05) is 43.5 Å². The van der Waals surface area contributed by atoms with E-state index in [1.54, 1.807) is 0 Å². The Morgan fingerprint density at radius 3 is 2.69 bits per heavy atom. The topological polar surface area (TPSA) is 12.4 Å². The lowest BCUT2D eigenvalue weighted by molar-refractivity contribution is 0.304. The molecule has 1 aromatic carbocycles. The number of hydrogen-bond acceptors (Lipinski definition) is 1. The molecule has 1 aliphatic heterocycles. The minimum atomic E-state index is 0.565. The fraction of sp³-hybridized carbons (Fsp3) is 0.533. The summed E-state index contributed by atoms with van der Waals surface area (Å²) >= 11 is 0. The average Bonchev–Trinajstić information content (AvgIpc) is 2.39. The number of aliphatic imine (C=N–C) groups is 1. The zero-order chi connectivity index (χ0) is 10.8. The van der Waals surface area contributed by atoms with Crippen LogP contribution in [0.4, 0.5) is 0 Å². The molecule has 1 nitrogen and oxygen atoms in total. The first-order valence-electron chi connectivity index (χ1n) is 6.54. The molecule has 0 saturated heterocycles. The molecule has 16 heavy (non-hydrogen) atoms. The molecule has 0 amide bonds. The molecule has 1 aromatic rings. The highest BCUT2D eigenvalue weighted by molar-refractivity contribution is 5.83. The Balaban J connectivity index is 1.77. The molecule has 84 valence electrons. The molecule has 2 aliphatic rings. The first kappa shape index (κ1) is 10.1. The standard InChI is InChI=1S/C15H19N/c1-2-6-12(7-3-1)15-10-13-8-4-5-9-14(13)11-16-15/h4-5,8-9,11-12,15H,1-3,6-7,10H2. The van der Waals surface area contributed by atoms with Crippen LogP contribution in [0.2, 0.25) is 0 Å². The fourth-order valence-corrected chi connectivity index (χ4v) is 3.11. The normalized spacial score (nSPS) is 25.4. The minimum Gasteiger partial charge on any atom is -0.289 e. The third kappa shape index (κ3) is 1.91. The summed E-state index contributed by atoms with van der Waals surface area (Å²) < 4.78 is 0. The van der Waals surface area contributed by atoms with E-state index in [1.165, 1.54) is 43.2 Å². The Labute approximate surface area is 97.6 Å². The summed E-state index contributed by atoms with van der Waals surface area (Å²) in [7, 11) is 0. The van der Waals surface area contributed by atoms with Crippen molar-refractivity contribution in [1.29, 1.82) is 0 Å². The van der Waals surface area contributed by atoms with Crippen LogP contribution in [0.5, 0.6) is 0 Å². The predicted octanol–water partition coefficient (Wildman–Crippen LogP) is 3.61. The van der Waals surface area contributed by atoms with Crippen LogP contribution >= 0.6 is 0 Å². The van der Waals surface area contributed by atoms with Crippen LogP contribution in [0.3, 0.4) is 0 Å². The zero-order valence-electron chi connectivity index (χ0n) is 9.73. The van der Waals surface area contributed by atoms with Crippen molar-refractivity contribution in [3.63, 3.8) is 0 Å². The molecule has 0 aromatic heterocycles. The van der Waals surface area contributed by atoms with Crippen LogP contribution in [0.15, 0.2) is 29.3 Å². The van der Waals surface area contributed by atoms with Gasteiger partial charge in [-0.15, -0.1) is 0 Å². The SMILES string of the molecule is C1=NC(C2CCCCC2)Cc2ccccc21. The van der Waals surface area contributed by atoms with E-state index in [2.05, 4.69) is 30.5 Å². The van der Waals surface area contributed by atoms with Crippen LogP contribution in [0, 0.1) is 5.92 Å². The van der Waals surface area contributed by atoms with E-state index >= 15 is 0 Å². The average molecular weight is 213 g/mol. The molecule has 0 radical (unpaired) electrons. The highest BCUT2D eigenvalue weighted by atomic mass is 14.8. The molecule has 1 heterocycles. The highest BCUT2D eigenvalue weighted by Gasteiger charge is 2.25. The van der Waals surface area contributed by atoms with E-state index in [0.717, 1.165) is 12.3 Å². The van der Waals surface area contributed by atoms with E-state index in [-0.39, 0.29) is 0 Å². The van der Waals surface area contributed by atoms with Crippen LogP contribution in [0.1, 0.15) is 43.2 Å². The van der Waals surface area contributed by atoms with E-state index in [1.807, 2.05) is 0 Å². The summed E-state index contributed by atoms with van der Waals surface area (Å²) in [5.74, 6) is 0.846. The fourth-order valence-electron chi connectivity index (χ4n) is 3.11. The smallest absolute Gasteiger partial charge is 0.0568 e. The summed E-state index contributed by atoms with van der Waals surface area (Å²) in [6, 6.07) is 9.25. The van der Waals surface area contributed by atoms with Crippen molar-refractivity contribution in [1.82, 2.24) is 0 Å². The molecule has 1 fully saturated rings. The number of nitrogens with zero attached hydrogens (tertiary/aromatic N) is 1. The summed E-state index contributed by atoms with van der Waals surface area (Å²) in [5.41, 5.74) is 2.82. The first-order chi connectivity index (χ1) is 7.93. The second-order valence-electron chi connectivity index (χ2n) is 5.15. The Bertz CT molecular complexity index is 388. The van der Waals surface area contributed by atoms with Crippen molar-refractivity contribution >= 4 is 6.21 Å². The van der Waals surface area contributed by atoms with Crippen molar-refractivity contribution in [2.45, 2.75) is 44.6 Å². The molecular formula is C15H19N. The van der Waals surface area contributed by atoms with Gasteiger partial charge < -0.3 is 0 Å². The second kappa shape index (κ2) is 4.40. The number of fused-ring (bicyclic) bond motifs is 1. The van der Waals surface area contributed by atoms with Gasteiger partial charge in [0, 0.05) is 6.21 Å². The zero-order valence-corrected chi connectivity index (χ0v) is 9.73. The Morgan fingerprint density at radius 1 is 1.00 bits per heavy atom. The number of benzene rings is 1. The van der Waals surface area contributed by atoms with Gasteiger partial charge >= 0.3 is 0 Å². The Hall–Kier alpha value is -1.11. The van der Waals surface area contributed by atoms with E-state index in [0.29, 0.717) is 6.04 Å². The minimum absolute atomic E-state index is 0.565. The maximum absolute atomic E-state index is 4.77. The van der Waals surface area contributed by atoms with Crippen LogP contribution in [-0.2, 0) is 6.42 Å². The Morgan fingerprint density at radius 2 is 1.81 bits per heavy atom. The maximum Gasteiger partial charge on any atom is 0.0568 e. The van der Waals surface area contributed by atoms with Gasteiger partial charge in [0.25, 0.3) is 0 Å². The lowest BCUT2D eigenvalue weighted by atomic mass is 9.80. The van der Waals surface area contributed by atoms with Gasteiger partial charge in [0.05, 0.1) is 6.04 Å². The lowest BCUT2D eigenvalue weighted by Crippen LogP contribution is -2.26. The van der Waals surface area contributed by atoms with Gasteiger partial charge in [-0.2, -0.15) is 0 Å². The molecule has 0 N–H and O–H groups in total. The summed E-state index contributed by atoms with van der Waals surface area (Å²) in [6.07, 6.45) is 10.3. The second-order valence-corrected chi connectivity index (χ2v) is 5.15. The maximum atomic E-state index is 4.77. The van der Waals surface area contributed by atoms with Crippen molar-refractivity contribution in [2.24, 2.45) is 10.9 Å². The molecule has 1 saturated carbocycles. The highest BCUT2D eigenvalue weighted by Crippen LogP contribution is 2.31. The summed E-state index contributed by atoms with van der Waals surface area (Å²) in [5, 5.41) is 0. The van der Waals surface area contributed by atoms with E-state index in [4.69, 9.17) is 4.99 Å². The first-order valence-corrected chi connectivity index (χ1v) is 6.54. The molecule has 3 rings (SSSR count). The molecule has 1 atom stereocenters. The van der Waals surface area contributed by atoms with Crippen molar-refractivity contribution in [3.8, 4) is 0 Å². The third-order valence-corrected chi connectivity index (χ3v) is 4.08. The summed E-state index contributed by atoms with van der Waals surface area (Å²) in [4.78, 5) is 4.77. The van der Waals surface area contributed by atoms with Gasteiger partial charge in [0.2, 0.25) is 0 Å². The van der Waals surface area contributed by atoms with Gasteiger partial charge in [-0.3, -0.25) is 4.99 Å². The van der Waals surface area contributed by atoms with Gasteiger partial charge in [0.15, 0.2) is 0 Å². The van der Waals surface area contributed by atoms with Crippen LogP contribution in [-0.4, -0.2) is 12.3 Å². The third-order valence-electron chi connectivity index (χ3n) is 4.08. The van der Waals surface area contributed by atoms with E-state index < -0.39 is 0 Å². The van der Waals surface area contributed by atoms with Crippen molar-refractivity contribution < 1.29 is 0 Å². The number of hydrogen-bond donors (Lipinski definition) is 0. The van der Waals surface area contributed by atoms with Crippen molar-refractivity contribution in [3.05, 3.63) is 35.4 Å². The molecular weight excluding hydrogens is 194 g/mol. The molecule has 0 spiro atoms. The van der Waals surface area contributed by atoms with Gasteiger partial charge in [0.1, 0.15) is 0 Å².